The molecule has 0 fully saturated rings. The van der Waals surface area contributed by atoms with Gasteiger partial charge < -0.3 is 0 Å². The molecule has 0 amide bonds. The molecular formula is C12H9ClF2N2. The molecule has 1 aromatic carbocycles. The summed E-state index contributed by atoms with van der Waals surface area (Å²) < 4.78 is 26.8. The van der Waals surface area contributed by atoms with Crippen LogP contribution in [0.25, 0.3) is 11.3 Å². The molecule has 1 aromatic heterocycles. The smallest absolute Gasteiger partial charge is 0.168 e. The maximum absolute atomic E-state index is 13.7. The number of rotatable bonds is 2. The van der Waals surface area contributed by atoms with Crippen molar-refractivity contribution >= 4 is 11.6 Å². The van der Waals surface area contributed by atoms with E-state index in [1.165, 1.54) is 18.5 Å². The van der Waals surface area contributed by atoms with E-state index in [2.05, 4.69) is 9.97 Å². The maximum Gasteiger partial charge on any atom is 0.168 e. The summed E-state index contributed by atoms with van der Waals surface area (Å²) in [5, 5.41) is 0.265. The number of nitrogens with zero attached hydrogens (tertiary/aromatic N) is 2. The van der Waals surface area contributed by atoms with Gasteiger partial charge in [-0.2, -0.15) is 0 Å². The van der Waals surface area contributed by atoms with Gasteiger partial charge in [-0.05, 0) is 18.6 Å². The Morgan fingerprint density at radius 1 is 1.24 bits per heavy atom. The zero-order chi connectivity index (χ0) is 12.4. The number of hydrogen-bond acceptors (Lipinski definition) is 2. The Kier molecular flexibility index (Phi) is 3.33. The monoisotopic (exact) mass is 254 g/mol. The SMILES string of the molecule is CCc1c(Cl)ncnc1-c1cccc(F)c1F. The lowest BCUT2D eigenvalue weighted by Crippen LogP contribution is -1.98. The minimum Gasteiger partial charge on any atom is -0.236 e. The van der Waals surface area contributed by atoms with Gasteiger partial charge in [0.15, 0.2) is 11.6 Å². The lowest BCUT2D eigenvalue weighted by Gasteiger charge is -2.08. The minimum atomic E-state index is -0.919. The van der Waals surface area contributed by atoms with Gasteiger partial charge in [0.2, 0.25) is 0 Å². The van der Waals surface area contributed by atoms with Crippen LogP contribution in [0.5, 0.6) is 0 Å². The standard InChI is InChI=1S/C12H9ClF2N2/c1-2-7-11(16-6-17-12(7)13)8-4-3-5-9(14)10(8)15/h3-6H,2H2,1H3. The van der Waals surface area contributed by atoms with E-state index < -0.39 is 11.6 Å². The minimum absolute atomic E-state index is 0.103. The summed E-state index contributed by atoms with van der Waals surface area (Å²) in [5.41, 5.74) is 1.05. The molecule has 0 unspecified atom stereocenters. The fraction of sp³-hybridized carbons (Fsp3) is 0.167. The lowest BCUT2D eigenvalue weighted by molar-refractivity contribution is 0.511. The van der Waals surface area contributed by atoms with Crippen molar-refractivity contribution in [1.82, 2.24) is 9.97 Å². The van der Waals surface area contributed by atoms with E-state index in [-0.39, 0.29) is 10.7 Å². The van der Waals surface area contributed by atoms with Crippen LogP contribution >= 0.6 is 11.6 Å². The van der Waals surface area contributed by atoms with Crippen LogP contribution in [-0.4, -0.2) is 9.97 Å². The van der Waals surface area contributed by atoms with Crippen molar-refractivity contribution < 1.29 is 8.78 Å². The highest BCUT2D eigenvalue weighted by atomic mass is 35.5. The van der Waals surface area contributed by atoms with Crippen LogP contribution in [0.2, 0.25) is 5.15 Å². The van der Waals surface area contributed by atoms with E-state index in [4.69, 9.17) is 11.6 Å². The van der Waals surface area contributed by atoms with Crippen molar-refractivity contribution in [2.75, 3.05) is 0 Å². The highest BCUT2D eigenvalue weighted by Crippen LogP contribution is 2.28. The number of hydrogen-bond donors (Lipinski definition) is 0. The number of benzene rings is 1. The first-order chi connectivity index (χ1) is 8.15. The molecule has 0 saturated carbocycles. The fourth-order valence-electron chi connectivity index (χ4n) is 1.62. The number of halogens is 3. The van der Waals surface area contributed by atoms with E-state index in [1.807, 2.05) is 6.92 Å². The second-order valence-corrected chi connectivity index (χ2v) is 3.80. The molecule has 2 nitrogen and oxygen atoms in total. The summed E-state index contributed by atoms with van der Waals surface area (Å²) in [6.07, 6.45) is 1.78. The van der Waals surface area contributed by atoms with Crippen molar-refractivity contribution in [3.8, 4) is 11.3 Å². The average molecular weight is 255 g/mol. The van der Waals surface area contributed by atoms with Gasteiger partial charge in [-0.3, -0.25) is 0 Å². The zero-order valence-electron chi connectivity index (χ0n) is 9.04. The molecule has 2 aromatic rings. The number of aromatic nitrogens is 2. The fourth-order valence-corrected chi connectivity index (χ4v) is 1.89. The van der Waals surface area contributed by atoms with Crippen LogP contribution < -0.4 is 0 Å². The van der Waals surface area contributed by atoms with Gasteiger partial charge in [-0.25, -0.2) is 18.7 Å². The highest BCUT2D eigenvalue weighted by Gasteiger charge is 2.15. The zero-order valence-corrected chi connectivity index (χ0v) is 9.80. The molecule has 2 rings (SSSR count). The lowest BCUT2D eigenvalue weighted by atomic mass is 10.0. The first-order valence-corrected chi connectivity index (χ1v) is 5.46. The molecule has 0 bridgehead atoms. The quantitative estimate of drug-likeness (QED) is 0.765. The molecule has 0 aliphatic rings. The predicted molar refractivity (Wildman–Crippen MR) is 61.8 cm³/mol. The van der Waals surface area contributed by atoms with Gasteiger partial charge in [0.1, 0.15) is 11.5 Å². The van der Waals surface area contributed by atoms with Crippen molar-refractivity contribution in [3.05, 3.63) is 46.9 Å². The topological polar surface area (TPSA) is 25.8 Å². The Hall–Kier alpha value is -1.55. The third-order valence-electron chi connectivity index (χ3n) is 2.45. The molecule has 0 saturated heterocycles. The first kappa shape index (κ1) is 11.9. The van der Waals surface area contributed by atoms with E-state index in [0.717, 1.165) is 6.07 Å². The molecule has 5 heteroatoms. The summed E-state index contributed by atoms with van der Waals surface area (Å²) in [6, 6.07) is 3.96. The van der Waals surface area contributed by atoms with Crippen molar-refractivity contribution in [1.29, 1.82) is 0 Å². The summed E-state index contributed by atoms with van der Waals surface area (Å²) in [6.45, 7) is 1.85. The maximum atomic E-state index is 13.7. The molecule has 0 aliphatic heterocycles. The first-order valence-electron chi connectivity index (χ1n) is 5.09. The molecular weight excluding hydrogens is 246 g/mol. The van der Waals surface area contributed by atoms with Gasteiger partial charge in [0, 0.05) is 11.1 Å². The van der Waals surface area contributed by atoms with Gasteiger partial charge in [0.25, 0.3) is 0 Å². The van der Waals surface area contributed by atoms with Crippen LogP contribution in [0.15, 0.2) is 24.5 Å². The van der Waals surface area contributed by atoms with Crippen LogP contribution in [0.1, 0.15) is 12.5 Å². The molecule has 88 valence electrons. The summed E-state index contributed by atoms with van der Waals surface area (Å²) in [5.74, 6) is -1.82. The van der Waals surface area contributed by atoms with E-state index in [9.17, 15) is 8.78 Å². The van der Waals surface area contributed by atoms with E-state index >= 15 is 0 Å². The second kappa shape index (κ2) is 4.75. The second-order valence-electron chi connectivity index (χ2n) is 3.45. The molecule has 0 aliphatic carbocycles. The molecule has 0 spiro atoms. The highest BCUT2D eigenvalue weighted by molar-refractivity contribution is 6.30. The Morgan fingerprint density at radius 2 is 2.00 bits per heavy atom. The molecule has 0 N–H and O–H groups in total. The Morgan fingerprint density at radius 3 is 2.71 bits per heavy atom. The van der Waals surface area contributed by atoms with E-state index in [0.29, 0.717) is 17.7 Å². The third kappa shape index (κ3) is 2.13. The van der Waals surface area contributed by atoms with Gasteiger partial charge in [0.05, 0.1) is 5.69 Å². The Balaban J connectivity index is 2.68. The third-order valence-corrected chi connectivity index (χ3v) is 2.78. The predicted octanol–water partition coefficient (Wildman–Crippen LogP) is 3.64. The van der Waals surface area contributed by atoms with E-state index in [1.54, 1.807) is 0 Å². The molecule has 0 atom stereocenters. The van der Waals surface area contributed by atoms with Crippen LogP contribution in [0.3, 0.4) is 0 Å². The molecule has 17 heavy (non-hydrogen) atoms. The van der Waals surface area contributed by atoms with Crippen LogP contribution in [0, 0.1) is 11.6 Å². The van der Waals surface area contributed by atoms with Gasteiger partial charge >= 0.3 is 0 Å². The van der Waals surface area contributed by atoms with Crippen LogP contribution in [-0.2, 0) is 6.42 Å². The Bertz CT molecular complexity index is 558. The van der Waals surface area contributed by atoms with Gasteiger partial charge in [-0.1, -0.05) is 24.6 Å². The molecule has 0 radical (unpaired) electrons. The average Bonchev–Trinajstić information content (AvgIpc) is 2.32. The van der Waals surface area contributed by atoms with Crippen LogP contribution in [0.4, 0.5) is 8.78 Å². The molecule has 1 heterocycles. The summed E-state index contributed by atoms with van der Waals surface area (Å²) in [7, 11) is 0. The summed E-state index contributed by atoms with van der Waals surface area (Å²) in [4.78, 5) is 7.81. The normalized spacial score (nSPS) is 10.6. The van der Waals surface area contributed by atoms with Crippen molar-refractivity contribution in [3.63, 3.8) is 0 Å². The summed E-state index contributed by atoms with van der Waals surface area (Å²) >= 11 is 5.90. The largest absolute Gasteiger partial charge is 0.236 e. The van der Waals surface area contributed by atoms with Crippen molar-refractivity contribution in [2.45, 2.75) is 13.3 Å². The van der Waals surface area contributed by atoms with Crippen molar-refractivity contribution in [2.24, 2.45) is 0 Å². The van der Waals surface area contributed by atoms with Gasteiger partial charge in [-0.15, -0.1) is 0 Å². The Labute approximate surface area is 102 Å².